The van der Waals surface area contributed by atoms with E-state index < -0.39 is 0 Å². The van der Waals surface area contributed by atoms with Crippen LogP contribution in [-0.4, -0.2) is 9.13 Å². The van der Waals surface area contributed by atoms with E-state index in [9.17, 15) is 0 Å². The van der Waals surface area contributed by atoms with E-state index >= 15 is 0 Å². The minimum absolute atomic E-state index is 1.16. The lowest BCUT2D eigenvalue weighted by Gasteiger charge is -2.12. The van der Waals surface area contributed by atoms with E-state index in [2.05, 4.69) is 179 Å². The lowest BCUT2D eigenvalue weighted by molar-refractivity contribution is 1.17. The minimum Gasteiger partial charge on any atom is -0.309 e. The van der Waals surface area contributed by atoms with Crippen LogP contribution in [0, 0.1) is 0 Å². The van der Waals surface area contributed by atoms with Crippen LogP contribution >= 0.6 is 11.3 Å². The lowest BCUT2D eigenvalue weighted by atomic mass is 9.99. The molecule has 0 aliphatic carbocycles. The van der Waals surface area contributed by atoms with Crippen molar-refractivity contribution in [3.05, 3.63) is 170 Å². The maximum atomic E-state index is 2.47. The third kappa shape index (κ3) is 3.82. The van der Waals surface area contributed by atoms with Crippen LogP contribution in [0.3, 0.4) is 0 Å². The molecule has 3 heterocycles. The molecule has 3 heteroatoms. The Kier molecular flexibility index (Phi) is 5.57. The number of hydrogen-bond donors (Lipinski definition) is 0. The number of fused-ring (bicyclic) bond motifs is 11. The van der Waals surface area contributed by atoms with Gasteiger partial charge in [-0.25, -0.2) is 0 Å². The summed E-state index contributed by atoms with van der Waals surface area (Å²) in [5, 5.41) is 10.2. The summed E-state index contributed by atoms with van der Waals surface area (Å²) in [5.41, 5.74) is 9.70. The molecule has 0 bridgehead atoms. The van der Waals surface area contributed by atoms with E-state index in [1.54, 1.807) is 0 Å². The van der Waals surface area contributed by atoms with Crippen molar-refractivity contribution in [1.82, 2.24) is 9.13 Å². The van der Waals surface area contributed by atoms with Gasteiger partial charge in [0, 0.05) is 58.5 Å². The number of rotatable bonds is 3. The van der Waals surface area contributed by atoms with Gasteiger partial charge in [0.25, 0.3) is 0 Å². The monoisotopic (exact) mass is 640 g/mol. The fraction of sp³-hybridized carbons (Fsp3) is 0. The fourth-order valence-electron chi connectivity index (χ4n) is 8.19. The molecule has 3 aromatic heterocycles. The molecule has 0 aliphatic heterocycles. The van der Waals surface area contributed by atoms with Crippen LogP contribution in [0.15, 0.2) is 170 Å². The van der Waals surface area contributed by atoms with Crippen LogP contribution in [0.25, 0.3) is 97.1 Å². The molecular weight excluding hydrogens is 613 g/mol. The molecule has 2 nitrogen and oxygen atoms in total. The van der Waals surface area contributed by atoms with E-state index in [0.29, 0.717) is 0 Å². The Morgan fingerprint density at radius 3 is 1.98 bits per heavy atom. The normalized spacial score (nSPS) is 12.1. The fourth-order valence-corrected chi connectivity index (χ4v) is 9.32. The van der Waals surface area contributed by atoms with E-state index in [4.69, 9.17) is 0 Å². The zero-order valence-corrected chi connectivity index (χ0v) is 27.3. The van der Waals surface area contributed by atoms with Crippen molar-refractivity contribution < 1.29 is 0 Å². The zero-order chi connectivity index (χ0) is 32.1. The average molecular weight is 641 g/mol. The summed E-state index contributed by atoms with van der Waals surface area (Å²) in [6, 6.07) is 62.4. The number of aromatic nitrogens is 2. The molecule has 49 heavy (non-hydrogen) atoms. The molecule has 0 N–H and O–H groups in total. The summed E-state index contributed by atoms with van der Waals surface area (Å²) in [6.45, 7) is 0. The van der Waals surface area contributed by atoms with Gasteiger partial charge in [-0.15, -0.1) is 11.3 Å². The standard InChI is InChI=1S/C46H28N2S/c1-2-14-31(15-3-1)48-42-28-41-38(27-39(42)36-25-24-29-12-4-5-17-34(29)46(36)48)35-18-6-8-21-40(35)47(41)32-16-10-13-30(26-32)33-20-11-23-44-45(33)37-19-7-9-22-43(37)49-44/h1-28H. The van der Waals surface area contributed by atoms with E-state index in [-0.39, 0.29) is 0 Å². The Labute approximate surface area is 286 Å². The van der Waals surface area contributed by atoms with Gasteiger partial charge in [-0.2, -0.15) is 0 Å². The number of nitrogens with zero attached hydrogens (tertiary/aromatic N) is 2. The molecule has 11 rings (SSSR count). The molecule has 0 fully saturated rings. The van der Waals surface area contributed by atoms with E-state index in [1.807, 2.05) is 11.3 Å². The number of benzene rings is 8. The topological polar surface area (TPSA) is 9.86 Å². The summed E-state index contributed by atoms with van der Waals surface area (Å²) in [6.07, 6.45) is 0. The molecule has 0 amide bonds. The average Bonchev–Trinajstić information content (AvgIpc) is 3.82. The van der Waals surface area contributed by atoms with Gasteiger partial charge < -0.3 is 9.13 Å². The van der Waals surface area contributed by atoms with Gasteiger partial charge in [-0.3, -0.25) is 0 Å². The SMILES string of the molecule is c1ccc(-n2c3cc4c(cc3c3ccc5ccccc5c32)c2ccccc2n4-c2cccc(-c3cccc4sc5ccccc5c34)c2)cc1. The van der Waals surface area contributed by atoms with Crippen LogP contribution in [0.5, 0.6) is 0 Å². The highest BCUT2D eigenvalue weighted by molar-refractivity contribution is 7.25. The second-order valence-corrected chi connectivity index (χ2v) is 14.0. The summed E-state index contributed by atoms with van der Waals surface area (Å²) < 4.78 is 7.58. The highest BCUT2D eigenvalue weighted by Gasteiger charge is 2.20. The zero-order valence-electron chi connectivity index (χ0n) is 26.5. The smallest absolute Gasteiger partial charge is 0.0619 e. The van der Waals surface area contributed by atoms with Crippen molar-refractivity contribution >= 4 is 85.9 Å². The van der Waals surface area contributed by atoms with Gasteiger partial charge in [-0.05, 0) is 71.1 Å². The van der Waals surface area contributed by atoms with Gasteiger partial charge in [0.15, 0.2) is 0 Å². The van der Waals surface area contributed by atoms with Crippen molar-refractivity contribution in [1.29, 1.82) is 0 Å². The predicted molar refractivity (Wildman–Crippen MR) is 211 cm³/mol. The summed E-state index contributed by atoms with van der Waals surface area (Å²) >= 11 is 1.87. The molecule has 0 aliphatic rings. The van der Waals surface area contributed by atoms with Crippen LogP contribution < -0.4 is 0 Å². The first-order valence-corrected chi connectivity index (χ1v) is 17.6. The first-order valence-electron chi connectivity index (χ1n) is 16.8. The second-order valence-electron chi connectivity index (χ2n) is 12.9. The van der Waals surface area contributed by atoms with E-state index in [0.717, 1.165) is 5.69 Å². The van der Waals surface area contributed by atoms with Gasteiger partial charge >= 0.3 is 0 Å². The molecule has 0 atom stereocenters. The minimum atomic E-state index is 1.16. The summed E-state index contributed by atoms with van der Waals surface area (Å²) in [5.74, 6) is 0. The Balaban J connectivity index is 1.24. The predicted octanol–water partition coefficient (Wildman–Crippen LogP) is 13.1. The Hall–Kier alpha value is -6.16. The first-order chi connectivity index (χ1) is 24.3. The third-order valence-corrected chi connectivity index (χ3v) is 11.4. The number of hydrogen-bond acceptors (Lipinski definition) is 1. The maximum absolute atomic E-state index is 2.47. The maximum Gasteiger partial charge on any atom is 0.0619 e. The van der Waals surface area contributed by atoms with Crippen LogP contribution in [0.2, 0.25) is 0 Å². The van der Waals surface area contributed by atoms with Crippen LogP contribution in [-0.2, 0) is 0 Å². The largest absolute Gasteiger partial charge is 0.309 e. The number of thiophene rings is 1. The summed E-state index contributed by atoms with van der Waals surface area (Å²) in [7, 11) is 0. The number of para-hydroxylation sites is 2. The Bertz CT molecular complexity index is 3100. The van der Waals surface area contributed by atoms with Crippen molar-refractivity contribution in [2.24, 2.45) is 0 Å². The molecule has 0 saturated heterocycles. The Morgan fingerprint density at radius 2 is 1.06 bits per heavy atom. The molecule has 0 radical (unpaired) electrons. The van der Waals surface area contributed by atoms with Crippen molar-refractivity contribution in [2.75, 3.05) is 0 Å². The van der Waals surface area contributed by atoms with Gasteiger partial charge in [-0.1, -0.05) is 115 Å². The second kappa shape index (κ2) is 10.2. The van der Waals surface area contributed by atoms with Gasteiger partial charge in [0.1, 0.15) is 0 Å². The van der Waals surface area contributed by atoms with Crippen LogP contribution in [0.4, 0.5) is 0 Å². The molecular formula is C46H28N2S. The quantitative estimate of drug-likeness (QED) is 0.182. The molecule has 0 unspecified atom stereocenters. The molecule has 228 valence electrons. The first kappa shape index (κ1) is 26.9. The van der Waals surface area contributed by atoms with E-state index in [1.165, 1.54) is 91.4 Å². The van der Waals surface area contributed by atoms with Gasteiger partial charge in [0.2, 0.25) is 0 Å². The van der Waals surface area contributed by atoms with Crippen LogP contribution in [0.1, 0.15) is 0 Å². The molecule has 8 aromatic carbocycles. The lowest BCUT2D eigenvalue weighted by Crippen LogP contribution is -1.96. The van der Waals surface area contributed by atoms with Crippen molar-refractivity contribution in [3.8, 4) is 22.5 Å². The van der Waals surface area contributed by atoms with Crippen molar-refractivity contribution in [2.45, 2.75) is 0 Å². The van der Waals surface area contributed by atoms with Gasteiger partial charge in [0.05, 0.1) is 22.1 Å². The molecule has 0 saturated carbocycles. The third-order valence-electron chi connectivity index (χ3n) is 10.3. The Morgan fingerprint density at radius 1 is 0.367 bits per heavy atom. The molecule has 11 aromatic rings. The summed E-state index contributed by atoms with van der Waals surface area (Å²) in [4.78, 5) is 0. The van der Waals surface area contributed by atoms with Crippen molar-refractivity contribution in [3.63, 3.8) is 0 Å². The highest BCUT2D eigenvalue weighted by Crippen LogP contribution is 2.43. The molecule has 0 spiro atoms. The highest BCUT2D eigenvalue weighted by atomic mass is 32.1.